The number of fused-ring (bicyclic) bond motifs is 1. The van der Waals surface area contributed by atoms with Gasteiger partial charge in [-0.3, -0.25) is 0 Å². The van der Waals surface area contributed by atoms with Gasteiger partial charge in [-0.05, 0) is 23.4 Å². The van der Waals surface area contributed by atoms with Crippen molar-refractivity contribution in [2.24, 2.45) is 0 Å². The molecule has 0 bridgehead atoms. The standard InChI is InChI=1S/C13H11ClFN5O2/c1-6-9(12(21)22-2)11(20-13(16-6)17-18-19-20)7-4-3-5-8(14)10(7)15/h3-5,11H,1-2H3,(H,16,17,19)/t11-/m1/s1. The number of halogens is 2. The van der Waals surface area contributed by atoms with Crippen molar-refractivity contribution in [1.82, 2.24) is 20.2 Å². The largest absolute Gasteiger partial charge is 0.466 e. The Labute approximate surface area is 129 Å². The highest BCUT2D eigenvalue weighted by Crippen LogP contribution is 2.37. The molecule has 1 aliphatic rings. The number of nitrogens with zero attached hydrogens (tertiary/aromatic N) is 4. The fourth-order valence-corrected chi connectivity index (χ4v) is 2.59. The summed E-state index contributed by atoms with van der Waals surface area (Å²) in [5.41, 5.74) is 0.879. The highest BCUT2D eigenvalue weighted by atomic mass is 35.5. The average Bonchev–Trinajstić information content (AvgIpc) is 2.96. The van der Waals surface area contributed by atoms with Crippen LogP contribution >= 0.6 is 11.6 Å². The molecule has 3 rings (SSSR count). The molecule has 2 heterocycles. The van der Waals surface area contributed by atoms with E-state index in [4.69, 9.17) is 16.3 Å². The molecule has 0 unspecified atom stereocenters. The molecule has 0 radical (unpaired) electrons. The third-order valence-electron chi connectivity index (χ3n) is 3.40. The fourth-order valence-electron chi connectivity index (χ4n) is 2.41. The van der Waals surface area contributed by atoms with E-state index in [0.717, 1.165) is 0 Å². The number of allylic oxidation sites excluding steroid dienone is 1. The van der Waals surface area contributed by atoms with E-state index in [1.165, 1.54) is 23.9 Å². The average molecular weight is 324 g/mol. The van der Waals surface area contributed by atoms with Crippen LogP contribution in [0.2, 0.25) is 5.02 Å². The second-order valence-corrected chi connectivity index (χ2v) is 5.06. The molecule has 22 heavy (non-hydrogen) atoms. The van der Waals surface area contributed by atoms with E-state index in [-0.39, 0.29) is 16.2 Å². The number of carbonyl (C=O) groups is 1. The number of anilines is 1. The van der Waals surface area contributed by atoms with Gasteiger partial charge >= 0.3 is 5.97 Å². The number of rotatable bonds is 2. The molecule has 0 aliphatic carbocycles. The Morgan fingerprint density at radius 1 is 1.50 bits per heavy atom. The summed E-state index contributed by atoms with van der Waals surface area (Å²) >= 11 is 5.85. The highest BCUT2D eigenvalue weighted by Gasteiger charge is 2.36. The summed E-state index contributed by atoms with van der Waals surface area (Å²) in [5.74, 6) is -0.934. The lowest BCUT2D eigenvalue weighted by Crippen LogP contribution is -2.30. The van der Waals surface area contributed by atoms with E-state index < -0.39 is 17.8 Å². The van der Waals surface area contributed by atoms with Crippen LogP contribution in [0.1, 0.15) is 18.5 Å². The van der Waals surface area contributed by atoms with Crippen LogP contribution < -0.4 is 5.32 Å². The number of carbonyl (C=O) groups excluding carboxylic acids is 1. The molecule has 1 aromatic heterocycles. The van der Waals surface area contributed by atoms with Crippen molar-refractivity contribution in [3.8, 4) is 0 Å². The summed E-state index contributed by atoms with van der Waals surface area (Å²) in [4.78, 5) is 12.1. The summed E-state index contributed by atoms with van der Waals surface area (Å²) in [5, 5.41) is 14.0. The quantitative estimate of drug-likeness (QED) is 0.850. The third kappa shape index (κ3) is 2.12. The minimum Gasteiger partial charge on any atom is -0.466 e. The molecule has 114 valence electrons. The van der Waals surface area contributed by atoms with E-state index in [0.29, 0.717) is 11.6 Å². The molecule has 1 atom stereocenters. The van der Waals surface area contributed by atoms with Crippen LogP contribution in [0.3, 0.4) is 0 Å². The van der Waals surface area contributed by atoms with E-state index in [9.17, 15) is 9.18 Å². The van der Waals surface area contributed by atoms with Crippen LogP contribution in [0.4, 0.5) is 10.3 Å². The van der Waals surface area contributed by atoms with Gasteiger partial charge in [0.15, 0.2) is 0 Å². The first-order valence-electron chi connectivity index (χ1n) is 6.32. The van der Waals surface area contributed by atoms with Crippen LogP contribution in [0, 0.1) is 5.82 Å². The molecule has 0 spiro atoms. The molecule has 7 nitrogen and oxygen atoms in total. The third-order valence-corrected chi connectivity index (χ3v) is 3.69. The Bertz CT molecular complexity index is 788. The molecule has 0 saturated carbocycles. The molecule has 0 amide bonds. The Hall–Kier alpha value is -2.48. The lowest BCUT2D eigenvalue weighted by Gasteiger charge is -2.27. The normalized spacial score (nSPS) is 17.0. The fraction of sp³-hybridized carbons (Fsp3) is 0.231. The molecule has 0 fully saturated rings. The SMILES string of the molecule is COC(=O)C1=C(C)Nc2nnnn2[C@@H]1c1cccc(Cl)c1F. The summed E-state index contributed by atoms with van der Waals surface area (Å²) < 4.78 is 20.6. The smallest absolute Gasteiger partial charge is 0.338 e. The van der Waals surface area contributed by atoms with Crippen LogP contribution in [-0.4, -0.2) is 33.3 Å². The Balaban J connectivity index is 2.25. The molecule has 1 N–H and O–H groups in total. The van der Waals surface area contributed by atoms with E-state index in [1.54, 1.807) is 13.0 Å². The minimum absolute atomic E-state index is 0.0486. The van der Waals surface area contributed by atoms with Gasteiger partial charge in [-0.1, -0.05) is 28.8 Å². The van der Waals surface area contributed by atoms with Gasteiger partial charge in [0.2, 0.25) is 5.95 Å². The highest BCUT2D eigenvalue weighted by molar-refractivity contribution is 6.30. The summed E-state index contributed by atoms with van der Waals surface area (Å²) in [6.45, 7) is 1.67. The lowest BCUT2D eigenvalue weighted by molar-refractivity contribution is -0.136. The van der Waals surface area contributed by atoms with E-state index in [1.807, 2.05) is 0 Å². The second kappa shape index (κ2) is 5.38. The zero-order valence-corrected chi connectivity index (χ0v) is 12.4. The maximum absolute atomic E-state index is 14.4. The van der Waals surface area contributed by atoms with Gasteiger partial charge in [0.25, 0.3) is 0 Å². The Morgan fingerprint density at radius 3 is 3.00 bits per heavy atom. The number of methoxy groups -OCH3 is 1. The summed E-state index contributed by atoms with van der Waals surface area (Å²) in [6, 6.07) is 3.68. The molecule has 1 aromatic carbocycles. The maximum Gasteiger partial charge on any atom is 0.338 e. The first kappa shape index (κ1) is 14.5. The first-order valence-corrected chi connectivity index (χ1v) is 6.70. The van der Waals surface area contributed by atoms with E-state index in [2.05, 4.69) is 20.8 Å². The van der Waals surface area contributed by atoms with Crippen molar-refractivity contribution in [2.45, 2.75) is 13.0 Å². The van der Waals surface area contributed by atoms with Crippen LogP contribution in [0.25, 0.3) is 0 Å². The number of hydrogen-bond donors (Lipinski definition) is 1. The number of aromatic nitrogens is 4. The monoisotopic (exact) mass is 323 g/mol. The number of hydrogen-bond acceptors (Lipinski definition) is 6. The molecular formula is C13H11ClFN5O2. The van der Waals surface area contributed by atoms with Crippen LogP contribution in [-0.2, 0) is 9.53 Å². The van der Waals surface area contributed by atoms with Crippen molar-refractivity contribution in [3.05, 3.63) is 45.9 Å². The van der Waals surface area contributed by atoms with Gasteiger partial charge in [0.1, 0.15) is 11.9 Å². The van der Waals surface area contributed by atoms with Crippen molar-refractivity contribution in [2.75, 3.05) is 12.4 Å². The van der Waals surface area contributed by atoms with Gasteiger partial charge in [-0.25, -0.2) is 9.18 Å². The summed E-state index contributed by atoms with van der Waals surface area (Å²) in [6.07, 6.45) is 0. The molecular weight excluding hydrogens is 313 g/mol. The molecule has 9 heteroatoms. The number of benzene rings is 1. The van der Waals surface area contributed by atoms with Crippen molar-refractivity contribution >= 4 is 23.5 Å². The second-order valence-electron chi connectivity index (χ2n) is 4.65. The Kier molecular flexibility index (Phi) is 3.53. The van der Waals surface area contributed by atoms with Crippen molar-refractivity contribution in [3.63, 3.8) is 0 Å². The van der Waals surface area contributed by atoms with Gasteiger partial charge < -0.3 is 10.1 Å². The first-order chi connectivity index (χ1) is 10.5. The molecule has 2 aromatic rings. The number of esters is 1. The predicted molar refractivity (Wildman–Crippen MR) is 75.7 cm³/mol. The number of nitrogens with one attached hydrogen (secondary N) is 1. The minimum atomic E-state index is -0.864. The number of ether oxygens (including phenoxy) is 1. The van der Waals surface area contributed by atoms with Gasteiger partial charge in [-0.15, -0.1) is 0 Å². The lowest BCUT2D eigenvalue weighted by atomic mass is 9.95. The van der Waals surface area contributed by atoms with Crippen LogP contribution in [0.5, 0.6) is 0 Å². The number of tetrazole rings is 1. The van der Waals surface area contributed by atoms with E-state index >= 15 is 0 Å². The van der Waals surface area contributed by atoms with Gasteiger partial charge in [0, 0.05) is 11.3 Å². The summed E-state index contributed by atoms with van der Waals surface area (Å²) in [7, 11) is 1.25. The van der Waals surface area contributed by atoms with Crippen LogP contribution in [0.15, 0.2) is 29.5 Å². The van der Waals surface area contributed by atoms with Crippen molar-refractivity contribution in [1.29, 1.82) is 0 Å². The molecule has 0 saturated heterocycles. The zero-order valence-electron chi connectivity index (χ0n) is 11.7. The molecule has 1 aliphatic heterocycles. The predicted octanol–water partition coefficient (Wildman–Crippen LogP) is 1.93. The van der Waals surface area contributed by atoms with Gasteiger partial charge in [-0.2, -0.15) is 4.68 Å². The Morgan fingerprint density at radius 2 is 2.27 bits per heavy atom. The zero-order chi connectivity index (χ0) is 15.9. The maximum atomic E-state index is 14.4. The topological polar surface area (TPSA) is 81.9 Å². The van der Waals surface area contributed by atoms with Gasteiger partial charge in [0.05, 0.1) is 17.7 Å². The van der Waals surface area contributed by atoms with Crippen molar-refractivity contribution < 1.29 is 13.9 Å².